The maximum Gasteiger partial charge on any atom is 0.157 e. The third kappa shape index (κ3) is 4.08. The molecular formula is C16H19N3S2. The van der Waals surface area contributed by atoms with Gasteiger partial charge in [-0.25, -0.2) is 4.98 Å². The van der Waals surface area contributed by atoms with E-state index >= 15 is 0 Å². The highest BCUT2D eigenvalue weighted by molar-refractivity contribution is 8.14. The minimum atomic E-state index is 0.485. The Kier molecular flexibility index (Phi) is 4.93. The van der Waals surface area contributed by atoms with Crippen molar-refractivity contribution in [2.75, 3.05) is 5.75 Å². The number of thioether (sulfide) groups is 1. The average Bonchev–Trinajstić information content (AvgIpc) is 3.15. The molecule has 1 atom stereocenters. The second-order valence-electron chi connectivity index (χ2n) is 5.04. The van der Waals surface area contributed by atoms with Gasteiger partial charge in [-0.2, -0.15) is 0 Å². The molecule has 0 spiro atoms. The van der Waals surface area contributed by atoms with E-state index in [0.29, 0.717) is 12.6 Å². The highest BCUT2D eigenvalue weighted by Crippen LogP contribution is 2.19. The zero-order valence-electron chi connectivity index (χ0n) is 12.1. The number of hydrogen-bond donors (Lipinski definition) is 1. The SMILES string of the molecule is CCc1cnc(CN=C2NC(Cc3ccccc3)CS2)s1. The summed E-state index contributed by atoms with van der Waals surface area (Å²) in [6, 6.07) is 11.1. The Labute approximate surface area is 133 Å². The molecule has 1 aliphatic heterocycles. The summed E-state index contributed by atoms with van der Waals surface area (Å²) in [5.74, 6) is 1.09. The summed E-state index contributed by atoms with van der Waals surface area (Å²) in [4.78, 5) is 10.4. The van der Waals surface area contributed by atoms with Crippen molar-refractivity contribution in [2.45, 2.75) is 32.4 Å². The number of rotatable bonds is 5. The van der Waals surface area contributed by atoms with E-state index in [9.17, 15) is 0 Å². The van der Waals surface area contributed by atoms with E-state index in [-0.39, 0.29) is 0 Å². The van der Waals surface area contributed by atoms with Crippen molar-refractivity contribution in [3.8, 4) is 0 Å². The van der Waals surface area contributed by atoms with Crippen molar-refractivity contribution < 1.29 is 0 Å². The van der Waals surface area contributed by atoms with E-state index < -0.39 is 0 Å². The molecule has 1 unspecified atom stereocenters. The molecule has 0 aliphatic carbocycles. The molecule has 1 aliphatic rings. The Balaban J connectivity index is 1.53. The first-order chi connectivity index (χ1) is 10.3. The average molecular weight is 317 g/mol. The second-order valence-corrected chi connectivity index (χ2v) is 7.25. The highest BCUT2D eigenvalue weighted by atomic mass is 32.2. The summed E-state index contributed by atoms with van der Waals surface area (Å²) in [6.07, 6.45) is 4.08. The zero-order valence-corrected chi connectivity index (χ0v) is 13.7. The molecule has 0 amide bonds. The molecule has 0 radical (unpaired) electrons. The Bertz CT molecular complexity index is 607. The van der Waals surface area contributed by atoms with Crippen LogP contribution in [0.25, 0.3) is 0 Å². The van der Waals surface area contributed by atoms with Gasteiger partial charge in [0.1, 0.15) is 5.01 Å². The highest BCUT2D eigenvalue weighted by Gasteiger charge is 2.20. The Morgan fingerprint density at radius 3 is 2.95 bits per heavy atom. The molecule has 110 valence electrons. The van der Waals surface area contributed by atoms with Crippen LogP contribution in [0.3, 0.4) is 0 Å². The van der Waals surface area contributed by atoms with E-state index in [0.717, 1.165) is 28.8 Å². The minimum Gasteiger partial charge on any atom is -0.361 e. The quantitative estimate of drug-likeness (QED) is 0.917. The van der Waals surface area contributed by atoms with Crippen molar-refractivity contribution >= 4 is 28.3 Å². The van der Waals surface area contributed by atoms with Gasteiger partial charge in [-0.3, -0.25) is 4.99 Å². The van der Waals surface area contributed by atoms with Crippen molar-refractivity contribution in [1.82, 2.24) is 10.3 Å². The summed E-state index contributed by atoms with van der Waals surface area (Å²) in [7, 11) is 0. The topological polar surface area (TPSA) is 37.3 Å². The third-order valence-corrected chi connectivity index (χ3v) is 5.60. The van der Waals surface area contributed by atoms with Crippen molar-refractivity contribution in [3.63, 3.8) is 0 Å². The fourth-order valence-corrected chi connectivity index (χ4v) is 4.01. The summed E-state index contributed by atoms with van der Waals surface area (Å²) in [5.41, 5.74) is 1.38. The summed E-state index contributed by atoms with van der Waals surface area (Å²) in [6.45, 7) is 2.85. The lowest BCUT2D eigenvalue weighted by molar-refractivity contribution is 0.686. The van der Waals surface area contributed by atoms with E-state index in [2.05, 4.69) is 52.5 Å². The molecule has 0 saturated carbocycles. The number of thiazole rings is 1. The summed E-state index contributed by atoms with van der Waals surface area (Å²) in [5, 5.41) is 5.68. The van der Waals surface area contributed by atoms with Gasteiger partial charge in [0.25, 0.3) is 0 Å². The monoisotopic (exact) mass is 317 g/mol. The van der Waals surface area contributed by atoms with Crippen LogP contribution in [0.4, 0.5) is 0 Å². The molecule has 1 fully saturated rings. The number of nitrogens with one attached hydrogen (secondary N) is 1. The minimum absolute atomic E-state index is 0.485. The van der Waals surface area contributed by atoms with Crippen LogP contribution in [0.5, 0.6) is 0 Å². The number of aromatic nitrogens is 1. The first-order valence-electron chi connectivity index (χ1n) is 7.24. The zero-order chi connectivity index (χ0) is 14.5. The van der Waals surface area contributed by atoms with Crippen LogP contribution in [0.2, 0.25) is 0 Å². The van der Waals surface area contributed by atoms with Gasteiger partial charge < -0.3 is 5.32 Å². The van der Waals surface area contributed by atoms with Crippen molar-refractivity contribution in [2.24, 2.45) is 4.99 Å². The van der Waals surface area contributed by atoms with Gasteiger partial charge in [0.15, 0.2) is 5.17 Å². The van der Waals surface area contributed by atoms with Gasteiger partial charge in [0.2, 0.25) is 0 Å². The van der Waals surface area contributed by atoms with Crippen LogP contribution in [0.1, 0.15) is 22.4 Å². The number of aliphatic imine (C=N–C) groups is 1. The fraction of sp³-hybridized carbons (Fsp3) is 0.375. The molecule has 0 bridgehead atoms. The predicted molar refractivity (Wildman–Crippen MR) is 92.2 cm³/mol. The Morgan fingerprint density at radius 2 is 2.19 bits per heavy atom. The van der Waals surface area contributed by atoms with E-state index in [1.807, 2.05) is 18.0 Å². The van der Waals surface area contributed by atoms with Gasteiger partial charge in [-0.05, 0) is 18.4 Å². The van der Waals surface area contributed by atoms with Gasteiger partial charge in [-0.1, -0.05) is 49.0 Å². The molecule has 2 aromatic rings. The predicted octanol–water partition coefficient (Wildman–Crippen LogP) is 3.51. The van der Waals surface area contributed by atoms with Crippen LogP contribution in [-0.2, 0) is 19.4 Å². The number of hydrogen-bond acceptors (Lipinski definition) is 4. The van der Waals surface area contributed by atoms with Crippen molar-refractivity contribution in [1.29, 1.82) is 0 Å². The normalized spacial score (nSPS) is 19.9. The maximum absolute atomic E-state index is 4.65. The number of aryl methyl sites for hydroxylation is 1. The Morgan fingerprint density at radius 1 is 1.33 bits per heavy atom. The molecule has 21 heavy (non-hydrogen) atoms. The number of benzene rings is 1. The molecule has 3 rings (SSSR count). The van der Waals surface area contributed by atoms with Crippen LogP contribution in [-0.4, -0.2) is 21.9 Å². The standard InChI is InChI=1S/C16H19N3S2/c1-2-14-9-17-15(21-14)10-18-16-19-13(11-20-16)8-12-6-4-3-5-7-12/h3-7,9,13H,2,8,10-11H2,1H3,(H,18,19). The van der Waals surface area contributed by atoms with E-state index in [4.69, 9.17) is 0 Å². The molecule has 1 aromatic heterocycles. The van der Waals surface area contributed by atoms with Gasteiger partial charge in [0, 0.05) is 22.9 Å². The molecule has 1 saturated heterocycles. The summed E-state index contributed by atoms with van der Waals surface area (Å²) >= 11 is 3.58. The van der Waals surface area contributed by atoms with Gasteiger partial charge in [0.05, 0.1) is 6.54 Å². The van der Waals surface area contributed by atoms with E-state index in [1.165, 1.54) is 10.4 Å². The number of nitrogens with zero attached hydrogens (tertiary/aromatic N) is 2. The molecule has 1 N–H and O–H groups in total. The Hall–Kier alpha value is -1.33. The third-order valence-electron chi connectivity index (χ3n) is 3.38. The molecule has 3 nitrogen and oxygen atoms in total. The molecular weight excluding hydrogens is 298 g/mol. The largest absolute Gasteiger partial charge is 0.361 e. The maximum atomic E-state index is 4.65. The lowest BCUT2D eigenvalue weighted by Gasteiger charge is -2.09. The van der Waals surface area contributed by atoms with Crippen LogP contribution < -0.4 is 5.32 Å². The lowest BCUT2D eigenvalue weighted by Crippen LogP contribution is -2.29. The number of amidine groups is 1. The summed E-state index contributed by atoms with van der Waals surface area (Å²) < 4.78 is 0. The van der Waals surface area contributed by atoms with Gasteiger partial charge in [-0.15, -0.1) is 11.3 Å². The van der Waals surface area contributed by atoms with Gasteiger partial charge >= 0.3 is 0 Å². The first-order valence-corrected chi connectivity index (χ1v) is 9.05. The van der Waals surface area contributed by atoms with Crippen LogP contribution >= 0.6 is 23.1 Å². The smallest absolute Gasteiger partial charge is 0.157 e. The first kappa shape index (κ1) is 14.6. The molecule has 5 heteroatoms. The lowest BCUT2D eigenvalue weighted by atomic mass is 10.1. The van der Waals surface area contributed by atoms with E-state index in [1.54, 1.807) is 11.3 Å². The van der Waals surface area contributed by atoms with Crippen molar-refractivity contribution in [3.05, 3.63) is 52.0 Å². The van der Waals surface area contributed by atoms with Crippen LogP contribution in [0.15, 0.2) is 41.5 Å². The molecule has 1 aromatic carbocycles. The molecule has 2 heterocycles. The fourth-order valence-electron chi connectivity index (χ4n) is 2.26. The van der Waals surface area contributed by atoms with Crippen LogP contribution in [0, 0.1) is 0 Å². The second kappa shape index (κ2) is 7.09.